The molecule has 1 aromatic heterocycles. The molecule has 0 saturated heterocycles. The molecule has 0 aliphatic carbocycles. The molecule has 0 aliphatic rings. The number of aryl methyl sites for hydroxylation is 1. The number of hydrogen-bond donors (Lipinski definition) is 0. The van der Waals surface area contributed by atoms with Gasteiger partial charge in [-0.1, -0.05) is 181 Å². The Morgan fingerprint density at radius 1 is 0.279 bits per heavy atom. The third kappa shape index (κ3) is 7.46. The van der Waals surface area contributed by atoms with Crippen LogP contribution in [0.5, 0.6) is 0 Å². The van der Waals surface area contributed by atoms with Crippen molar-refractivity contribution in [3.05, 3.63) is 272 Å². The van der Waals surface area contributed by atoms with Gasteiger partial charge in [0.15, 0.2) is 0 Å². The van der Waals surface area contributed by atoms with Crippen molar-refractivity contribution < 1.29 is 0 Å². The Morgan fingerprint density at radius 3 is 1.29 bits per heavy atom. The van der Waals surface area contributed by atoms with E-state index in [0.717, 1.165) is 45.4 Å². The van der Waals surface area contributed by atoms with E-state index < -0.39 is 0 Å². The zero-order chi connectivity index (χ0) is 45.4. The summed E-state index contributed by atoms with van der Waals surface area (Å²) in [6.45, 7) is 2.15. The van der Waals surface area contributed by atoms with Crippen LogP contribution in [-0.4, -0.2) is 4.57 Å². The molecule has 1 heterocycles. The molecule has 3 heteroatoms. The van der Waals surface area contributed by atoms with Crippen molar-refractivity contribution in [3.63, 3.8) is 0 Å². The van der Waals surface area contributed by atoms with Crippen LogP contribution in [0.15, 0.2) is 267 Å². The summed E-state index contributed by atoms with van der Waals surface area (Å²) in [4.78, 5) is 4.77. The molecule has 12 aromatic rings. The summed E-state index contributed by atoms with van der Waals surface area (Å²) in [7, 11) is 0. The van der Waals surface area contributed by atoms with Crippen LogP contribution in [0.2, 0.25) is 0 Å². The molecular formula is C65H47N3. The second-order valence-corrected chi connectivity index (χ2v) is 17.4. The number of rotatable bonds is 10. The molecule has 0 aliphatic heterocycles. The summed E-state index contributed by atoms with van der Waals surface area (Å²) in [6.07, 6.45) is 0. The topological polar surface area (TPSA) is 11.4 Å². The molecule has 0 unspecified atom stereocenters. The first-order valence-corrected chi connectivity index (χ1v) is 23.3. The highest BCUT2D eigenvalue weighted by molar-refractivity contribution is 6.12. The van der Waals surface area contributed by atoms with Gasteiger partial charge in [-0.05, 0) is 137 Å². The highest BCUT2D eigenvalue weighted by atomic mass is 15.1. The predicted octanol–water partition coefficient (Wildman–Crippen LogP) is 18.2. The number of hydrogen-bond acceptors (Lipinski definition) is 2. The summed E-state index contributed by atoms with van der Waals surface area (Å²) in [5.41, 5.74) is 18.5. The van der Waals surface area contributed by atoms with E-state index in [1.54, 1.807) is 0 Å². The Hall–Kier alpha value is -8.92. The molecule has 0 amide bonds. The lowest BCUT2D eigenvalue weighted by Gasteiger charge is -2.28. The molecule has 0 bridgehead atoms. The van der Waals surface area contributed by atoms with Gasteiger partial charge in [-0.3, -0.25) is 0 Å². The van der Waals surface area contributed by atoms with Crippen LogP contribution < -0.4 is 9.80 Å². The lowest BCUT2D eigenvalue weighted by molar-refractivity contribution is 1.18. The first kappa shape index (κ1) is 40.6. The Bertz CT molecular complexity index is 3610. The van der Waals surface area contributed by atoms with E-state index in [-0.39, 0.29) is 0 Å². The zero-order valence-electron chi connectivity index (χ0n) is 37.7. The minimum Gasteiger partial charge on any atom is -0.311 e. The minimum absolute atomic E-state index is 1.09. The van der Waals surface area contributed by atoms with Gasteiger partial charge >= 0.3 is 0 Å². The average Bonchev–Trinajstić information content (AvgIpc) is 3.74. The summed E-state index contributed by atoms with van der Waals surface area (Å²) in [5.74, 6) is 0. The lowest BCUT2D eigenvalue weighted by Crippen LogP contribution is -2.11. The van der Waals surface area contributed by atoms with Crippen molar-refractivity contribution >= 4 is 66.7 Å². The molecule has 0 N–H and O–H groups in total. The monoisotopic (exact) mass is 869 g/mol. The van der Waals surface area contributed by atoms with Gasteiger partial charge in [-0.2, -0.15) is 0 Å². The van der Waals surface area contributed by atoms with Gasteiger partial charge in [-0.15, -0.1) is 0 Å². The Balaban J connectivity index is 0.948. The smallest absolute Gasteiger partial charge is 0.0542 e. The number of anilines is 6. The number of nitrogens with zero attached hydrogens (tertiary/aromatic N) is 3. The molecule has 0 radical (unpaired) electrons. The Morgan fingerprint density at radius 2 is 0.706 bits per heavy atom. The van der Waals surface area contributed by atoms with Crippen molar-refractivity contribution in [1.29, 1.82) is 0 Å². The first-order valence-electron chi connectivity index (χ1n) is 23.3. The SMILES string of the molecule is Cc1ccc(N(c2ccc3c(c2)c2ccccc2n3-c2ccccc2)c2ccc(-c3ccc(N(c4ccc(-c5ccccc5)cc4)c4ccc(-c5ccccc5)cc4)cc3)c3ccccc23)cc1. The third-order valence-electron chi connectivity index (χ3n) is 13.3. The number of fused-ring (bicyclic) bond motifs is 4. The first-order chi connectivity index (χ1) is 33.6. The highest BCUT2D eigenvalue weighted by Gasteiger charge is 2.21. The van der Waals surface area contributed by atoms with E-state index in [1.165, 1.54) is 66.0 Å². The van der Waals surface area contributed by atoms with Crippen LogP contribution in [0.3, 0.4) is 0 Å². The van der Waals surface area contributed by atoms with Gasteiger partial charge in [-0.25, -0.2) is 0 Å². The quantitative estimate of drug-likeness (QED) is 0.136. The fraction of sp³-hybridized carbons (Fsp3) is 0.0154. The fourth-order valence-electron chi connectivity index (χ4n) is 9.91. The molecule has 11 aromatic carbocycles. The van der Waals surface area contributed by atoms with Crippen molar-refractivity contribution in [3.8, 4) is 39.1 Å². The second kappa shape index (κ2) is 17.5. The fourth-order valence-corrected chi connectivity index (χ4v) is 9.91. The Labute approximate surface area is 397 Å². The average molecular weight is 870 g/mol. The van der Waals surface area contributed by atoms with Crippen LogP contribution >= 0.6 is 0 Å². The standard InChI is InChI=1S/C65H47N3/c1-46-25-33-56(34-26-46)67(57-41-43-65-62(45-57)61-23-13-14-24-63(61)68(65)52-19-9-4-10-20-52)64-44-42-58(59-21-11-12-22-60(59)64)51-31-39-55(40-32-51)66(53-35-27-49(28-36-53)47-15-5-2-6-16-47)54-37-29-50(30-38-54)48-17-7-3-8-18-48/h2-45H,1H3. The third-order valence-corrected chi connectivity index (χ3v) is 13.3. The molecular weight excluding hydrogens is 823 g/mol. The molecule has 68 heavy (non-hydrogen) atoms. The van der Waals surface area contributed by atoms with Crippen molar-refractivity contribution in [2.24, 2.45) is 0 Å². The molecule has 322 valence electrons. The van der Waals surface area contributed by atoms with Crippen LogP contribution in [0.25, 0.3) is 71.6 Å². The van der Waals surface area contributed by atoms with Crippen LogP contribution in [0.1, 0.15) is 5.56 Å². The van der Waals surface area contributed by atoms with E-state index in [0.29, 0.717) is 0 Å². The van der Waals surface area contributed by atoms with Crippen LogP contribution in [0.4, 0.5) is 34.1 Å². The van der Waals surface area contributed by atoms with Gasteiger partial charge in [0.05, 0.1) is 16.7 Å². The molecule has 12 rings (SSSR count). The van der Waals surface area contributed by atoms with Gasteiger partial charge in [0, 0.05) is 50.3 Å². The summed E-state index contributed by atoms with van der Waals surface area (Å²) >= 11 is 0. The van der Waals surface area contributed by atoms with Crippen LogP contribution in [0, 0.1) is 6.92 Å². The molecule has 0 spiro atoms. The van der Waals surface area contributed by atoms with Gasteiger partial charge in [0.2, 0.25) is 0 Å². The van der Waals surface area contributed by atoms with E-state index in [2.05, 4.69) is 288 Å². The lowest BCUT2D eigenvalue weighted by atomic mass is 9.96. The van der Waals surface area contributed by atoms with Crippen LogP contribution in [-0.2, 0) is 0 Å². The number of para-hydroxylation sites is 2. The van der Waals surface area contributed by atoms with E-state index in [9.17, 15) is 0 Å². The van der Waals surface area contributed by atoms with E-state index in [4.69, 9.17) is 0 Å². The zero-order valence-corrected chi connectivity index (χ0v) is 37.7. The maximum Gasteiger partial charge on any atom is 0.0542 e. The molecule has 0 atom stereocenters. The van der Waals surface area contributed by atoms with E-state index in [1.807, 2.05) is 0 Å². The normalized spacial score (nSPS) is 11.3. The van der Waals surface area contributed by atoms with Gasteiger partial charge in [0.1, 0.15) is 0 Å². The van der Waals surface area contributed by atoms with Gasteiger partial charge in [0.25, 0.3) is 0 Å². The largest absolute Gasteiger partial charge is 0.311 e. The summed E-state index contributed by atoms with van der Waals surface area (Å²) < 4.78 is 2.38. The molecule has 0 saturated carbocycles. The van der Waals surface area contributed by atoms with Gasteiger partial charge < -0.3 is 14.4 Å². The Kier molecular flexibility index (Phi) is 10.4. The maximum absolute atomic E-state index is 2.42. The van der Waals surface area contributed by atoms with Crippen molar-refractivity contribution in [2.45, 2.75) is 6.92 Å². The van der Waals surface area contributed by atoms with Crippen molar-refractivity contribution in [1.82, 2.24) is 4.57 Å². The van der Waals surface area contributed by atoms with Crippen molar-refractivity contribution in [2.75, 3.05) is 9.80 Å². The second-order valence-electron chi connectivity index (χ2n) is 17.4. The minimum atomic E-state index is 1.09. The number of aromatic nitrogens is 1. The molecule has 0 fully saturated rings. The maximum atomic E-state index is 2.42. The summed E-state index contributed by atoms with van der Waals surface area (Å²) in [5, 5.41) is 4.82. The number of benzene rings is 11. The summed E-state index contributed by atoms with van der Waals surface area (Å²) in [6, 6.07) is 96.7. The highest BCUT2D eigenvalue weighted by Crippen LogP contribution is 2.45. The molecule has 3 nitrogen and oxygen atoms in total. The van der Waals surface area contributed by atoms with E-state index >= 15 is 0 Å². The predicted molar refractivity (Wildman–Crippen MR) is 289 cm³/mol.